The molecule has 94 valence electrons. The molecule has 0 bridgehead atoms. The molecular formula is C11H15BrN2O3. The number of nitrogens with zero attached hydrogens (tertiary/aromatic N) is 2. The molecule has 2 rings (SSSR count). The van der Waals surface area contributed by atoms with E-state index in [0.717, 1.165) is 23.9 Å². The number of hydrogen-bond acceptors (Lipinski definition) is 5. The minimum absolute atomic E-state index is 0.268. The van der Waals surface area contributed by atoms with Crippen molar-refractivity contribution in [1.82, 2.24) is 10.2 Å². The van der Waals surface area contributed by atoms with E-state index in [9.17, 15) is 0 Å². The average molecular weight is 303 g/mol. The molecule has 1 saturated heterocycles. The molecule has 17 heavy (non-hydrogen) atoms. The van der Waals surface area contributed by atoms with E-state index < -0.39 is 0 Å². The van der Waals surface area contributed by atoms with Gasteiger partial charge in [0.15, 0.2) is 5.75 Å². The van der Waals surface area contributed by atoms with Crippen molar-refractivity contribution in [1.29, 1.82) is 0 Å². The predicted octanol–water partition coefficient (Wildman–Crippen LogP) is 1.81. The summed E-state index contributed by atoms with van der Waals surface area (Å²) in [7, 11) is 0. The van der Waals surface area contributed by atoms with Gasteiger partial charge < -0.3 is 14.2 Å². The molecule has 2 heterocycles. The second-order valence-electron chi connectivity index (χ2n) is 3.76. The minimum atomic E-state index is 0.268. The van der Waals surface area contributed by atoms with Gasteiger partial charge in [-0.1, -0.05) is 0 Å². The topological polar surface area (TPSA) is 53.5 Å². The molecule has 1 aliphatic heterocycles. The van der Waals surface area contributed by atoms with Crippen LogP contribution in [0.2, 0.25) is 0 Å². The summed E-state index contributed by atoms with van der Waals surface area (Å²) >= 11 is 3.33. The number of ether oxygens (including phenoxy) is 3. The van der Waals surface area contributed by atoms with Crippen molar-refractivity contribution in [2.45, 2.75) is 18.9 Å². The van der Waals surface area contributed by atoms with Gasteiger partial charge in [-0.25, -0.2) is 0 Å². The van der Waals surface area contributed by atoms with Crippen molar-refractivity contribution < 1.29 is 14.2 Å². The summed E-state index contributed by atoms with van der Waals surface area (Å²) in [5, 5.41) is 7.46. The third-order valence-corrected chi connectivity index (χ3v) is 3.06. The Balaban J connectivity index is 1.58. The first kappa shape index (κ1) is 12.7. The van der Waals surface area contributed by atoms with Crippen molar-refractivity contribution in [3.05, 3.63) is 16.9 Å². The molecule has 0 N–H and O–H groups in total. The molecule has 1 aromatic rings. The Bertz CT molecular complexity index is 345. The molecule has 0 radical (unpaired) electrons. The fourth-order valence-corrected chi connectivity index (χ4v) is 1.91. The molecule has 0 amide bonds. The van der Waals surface area contributed by atoms with Crippen LogP contribution in [0, 0.1) is 0 Å². The lowest BCUT2D eigenvalue weighted by Gasteiger charge is -2.11. The first-order valence-electron chi connectivity index (χ1n) is 5.64. The van der Waals surface area contributed by atoms with Gasteiger partial charge in [0.05, 0.1) is 36.2 Å². The largest absolute Gasteiger partial charge is 0.488 e. The van der Waals surface area contributed by atoms with Crippen molar-refractivity contribution in [3.63, 3.8) is 0 Å². The van der Waals surface area contributed by atoms with Crippen molar-refractivity contribution in [3.8, 4) is 5.75 Å². The molecule has 0 aromatic carbocycles. The number of aromatic nitrogens is 2. The summed E-state index contributed by atoms with van der Waals surface area (Å²) in [6, 6.07) is 0. The van der Waals surface area contributed by atoms with Crippen LogP contribution in [0.1, 0.15) is 12.8 Å². The molecule has 1 fully saturated rings. The maximum absolute atomic E-state index is 5.49. The quantitative estimate of drug-likeness (QED) is 0.750. The molecule has 1 unspecified atom stereocenters. The van der Waals surface area contributed by atoms with Crippen LogP contribution >= 0.6 is 15.9 Å². The zero-order valence-electron chi connectivity index (χ0n) is 9.47. The fourth-order valence-electron chi connectivity index (χ4n) is 1.60. The van der Waals surface area contributed by atoms with Gasteiger partial charge in [-0.3, -0.25) is 0 Å². The molecule has 1 aromatic heterocycles. The van der Waals surface area contributed by atoms with Crippen LogP contribution < -0.4 is 4.74 Å². The zero-order chi connectivity index (χ0) is 11.9. The van der Waals surface area contributed by atoms with Crippen molar-refractivity contribution in [2.75, 3.05) is 26.4 Å². The van der Waals surface area contributed by atoms with E-state index in [1.807, 2.05) is 0 Å². The van der Waals surface area contributed by atoms with E-state index >= 15 is 0 Å². The second-order valence-corrected chi connectivity index (χ2v) is 4.61. The first-order chi connectivity index (χ1) is 8.36. The van der Waals surface area contributed by atoms with E-state index in [4.69, 9.17) is 14.2 Å². The first-order valence-corrected chi connectivity index (χ1v) is 6.44. The van der Waals surface area contributed by atoms with Crippen LogP contribution in [-0.4, -0.2) is 42.7 Å². The van der Waals surface area contributed by atoms with Gasteiger partial charge in [0.1, 0.15) is 6.61 Å². The summed E-state index contributed by atoms with van der Waals surface area (Å²) in [6.07, 6.45) is 5.68. The van der Waals surface area contributed by atoms with Gasteiger partial charge in [0.25, 0.3) is 0 Å². The fraction of sp³-hybridized carbons (Fsp3) is 0.636. The van der Waals surface area contributed by atoms with Crippen LogP contribution in [0.4, 0.5) is 0 Å². The van der Waals surface area contributed by atoms with E-state index in [-0.39, 0.29) is 6.10 Å². The highest BCUT2D eigenvalue weighted by atomic mass is 79.9. The smallest absolute Gasteiger partial charge is 0.155 e. The minimum Gasteiger partial charge on any atom is -0.488 e. The summed E-state index contributed by atoms with van der Waals surface area (Å²) in [6.45, 7) is 2.56. The van der Waals surface area contributed by atoms with E-state index in [1.54, 1.807) is 12.4 Å². The van der Waals surface area contributed by atoms with Gasteiger partial charge in [-0.05, 0) is 28.8 Å². The van der Waals surface area contributed by atoms with Crippen molar-refractivity contribution in [2.24, 2.45) is 0 Å². The second kappa shape index (κ2) is 6.88. The Morgan fingerprint density at radius 2 is 2.24 bits per heavy atom. The van der Waals surface area contributed by atoms with Gasteiger partial charge in [0.2, 0.25) is 0 Å². The predicted molar refractivity (Wildman–Crippen MR) is 65.0 cm³/mol. The summed E-state index contributed by atoms with van der Waals surface area (Å²) in [4.78, 5) is 0. The lowest BCUT2D eigenvalue weighted by Crippen LogP contribution is -2.17. The number of halogens is 1. The number of hydrogen-bond donors (Lipinski definition) is 0. The highest BCUT2D eigenvalue weighted by molar-refractivity contribution is 9.10. The Labute approximate surface area is 109 Å². The molecular weight excluding hydrogens is 288 g/mol. The van der Waals surface area contributed by atoms with Crippen LogP contribution in [0.15, 0.2) is 16.9 Å². The Morgan fingerprint density at radius 3 is 3.00 bits per heavy atom. The molecule has 5 nitrogen and oxygen atoms in total. The van der Waals surface area contributed by atoms with Gasteiger partial charge in [0, 0.05) is 6.61 Å². The van der Waals surface area contributed by atoms with E-state index in [2.05, 4.69) is 26.1 Å². The van der Waals surface area contributed by atoms with Crippen LogP contribution in [0.5, 0.6) is 5.75 Å². The average Bonchev–Trinajstić information content (AvgIpc) is 2.84. The normalized spacial score (nSPS) is 19.5. The maximum Gasteiger partial charge on any atom is 0.155 e. The van der Waals surface area contributed by atoms with Crippen LogP contribution in [0.25, 0.3) is 0 Å². The molecule has 1 aliphatic rings. The van der Waals surface area contributed by atoms with E-state index in [1.165, 1.54) is 0 Å². The van der Waals surface area contributed by atoms with Gasteiger partial charge in [-0.15, -0.1) is 0 Å². The molecule has 0 aliphatic carbocycles. The van der Waals surface area contributed by atoms with Gasteiger partial charge in [-0.2, -0.15) is 10.2 Å². The van der Waals surface area contributed by atoms with Crippen LogP contribution in [-0.2, 0) is 9.47 Å². The standard InChI is InChI=1S/C11H15BrN2O3/c12-10-6-13-14-7-11(10)17-5-4-15-8-9-2-1-3-16-9/h6-7,9H,1-5,8H2. The molecule has 6 heteroatoms. The zero-order valence-corrected chi connectivity index (χ0v) is 11.1. The lowest BCUT2D eigenvalue weighted by atomic mass is 10.2. The Morgan fingerprint density at radius 1 is 1.35 bits per heavy atom. The maximum atomic E-state index is 5.49. The Kier molecular flexibility index (Phi) is 5.15. The highest BCUT2D eigenvalue weighted by Gasteiger charge is 2.14. The van der Waals surface area contributed by atoms with E-state index in [0.29, 0.717) is 25.6 Å². The SMILES string of the molecule is Brc1cnncc1OCCOCC1CCCO1. The molecule has 0 saturated carbocycles. The monoisotopic (exact) mass is 302 g/mol. The summed E-state index contributed by atoms with van der Waals surface area (Å²) < 4.78 is 17.2. The molecule has 1 atom stereocenters. The van der Waals surface area contributed by atoms with Crippen LogP contribution in [0.3, 0.4) is 0 Å². The highest BCUT2D eigenvalue weighted by Crippen LogP contribution is 2.21. The Hall–Kier alpha value is -0.720. The molecule has 0 spiro atoms. The third-order valence-electron chi connectivity index (χ3n) is 2.46. The van der Waals surface area contributed by atoms with Crippen molar-refractivity contribution >= 4 is 15.9 Å². The number of rotatable bonds is 6. The third kappa shape index (κ3) is 4.22. The lowest BCUT2D eigenvalue weighted by molar-refractivity contribution is 0.00843. The van der Waals surface area contributed by atoms with Gasteiger partial charge >= 0.3 is 0 Å². The summed E-state index contributed by atoms with van der Waals surface area (Å²) in [5.74, 6) is 0.681. The summed E-state index contributed by atoms with van der Waals surface area (Å²) in [5.41, 5.74) is 0.